The largest absolute Gasteiger partial charge is 0.507 e. The van der Waals surface area contributed by atoms with Gasteiger partial charge in [-0.05, 0) is 31.2 Å². The second-order valence-corrected chi connectivity index (χ2v) is 6.49. The minimum absolute atomic E-state index is 0.0739. The molecule has 1 atom stereocenters. The average molecular weight is 425 g/mol. The number of hydrogen-bond donors (Lipinski definition) is 2. The molecule has 2 N–H and O–H groups in total. The summed E-state index contributed by atoms with van der Waals surface area (Å²) in [5, 5.41) is 21.9. The molecular weight excluding hydrogens is 406 g/mol. The average Bonchev–Trinajstić information content (AvgIpc) is 2.99. The van der Waals surface area contributed by atoms with Crippen LogP contribution in [0.25, 0.3) is 5.76 Å². The van der Waals surface area contributed by atoms with Crippen LogP contribution in [0, 0.1) is 0 Å². The molecule has 1 aliphatic rings. The molecule has 0 spiro atoms. The van der Waals surface area contributed by atoms with Gasteiger partial charge in [0.2, 0.25) is 0 Å². The van der Waals surface area contributed by atoms with Crippen molar-refractivity contribution < 1.29 is 38.9 Å². The minimum Gasteiger partial charge on any atom is -0.507 e. The van der Waals surface area contributed by atoms with E-state index in [9.17, 15) is 29.4 Å². The van der Waals surface area contributed by atoms with Crippen LogP contribution < -0.4 is 4.90 Å². The van der Waals surface area contributed by atoms with E-state index < -0.39 is 40.7 Å². The topological polar surface area (TPSA) is 130 Å². The summed E-state index contributed by atoms with van der Waals surface area (Å²) in [5.74, 6) is -5.22. The number of carbonyl (C=O) groups is 4. The number of esters is 2. The van der Waals surface area contributed by atoms with E-state index in [1.54, 1.807) is 25.1 Å². The first-order valence-corrected chi connectivity index (χ1v) is 9.23. The molecule has 9 nitrogen and oxygen atoms in total. The molecule has 0 radical (unpaired) electrons. The van der Waals surface area contributed by atoms with Gasteiger partial charge < -0.3 is 19.7 Å². The molecule has 0 bridgehead atoms. The highest BCUT2D eigenvalue weighted by atomic mass is 16.5. The van der Waals surface area contributed by atoms with Gasteiger partial charge in [-0.3, -0.25) is 14.5 Å². The predicted molar refractivity (Wildman–Crippen MR) is 108 cm³/mol. The smallest absolute Gasteiger partial charge is 0.365 e. The van der Waals surface area contributed by atoms with Gasteiger partial charge in [0.25, 0.3) is 11.5 Å². The third kappa shape index (κ3) is 3.55. The van der Waals surface area contributed by atoms with Crippen molar-refractivity contribution >= 4 is 35.1 Å². The molecule has 1 heterocycles. The molecule has 2 aromatic rings. The summed E-state index contributed by atoms with van der Waals surface area (Å²) in [7, 11) is 0.965. The van der Waals surface area contributed by atoms with Crippen LogP contribution in [-0.4, -0.2) is 53.3 Å². The number of ether oxygens (including phenoxy) is 2. The Balaban J connectivity index is 2.17. The van der Waals surface area contributed by atoms with E-state index in [1.807, 2.05) is 0 Å². The van der Waals surface area contributed by atoms with E-state index >= 15 is 0 Å². The molecule has 9 heteroatoms. The molecule has 0 saturated carbocycles. The van der Waals surface area contributed by atoms with Crippen LogP contribution in [0.5, 0.6) is 0 Å². The molecule has 0 aromatic heterocycles. The quantitative estimate of drug-likeness (QED) is 0.320. The zero-order valence-corrected chi connectivity index (χ0v) is 16.7. The predicted octanol–water partition coefficient (Wildman–Crippen LogP) is 1.61. The van der Waals surface area contributed by atoms with Crippen LogP contribution in [0.2, 0.25) is 0 Å². The van der Waals surface area contributed by atoms with Crippen molar-refractivity contribution in [1.29, 1.82) is 0 Å². The van der Waals surface area contributed by atoms with E-state index in [4.69, 9.17) is 4.74 Å². The standard InChI is InChI=1S/C22H19NO8/c1-3-31-20(27)14-9-11-15(12-10-14)23-19(26)18(25)16(22(23,29)21(28)30-2)17(24)13-7-5-4-6-8-13/h4-12,24,29H,3H2,1-2H3/b17-16+. The van der Waals surface area contributed by atoms with Gasteiger partial charge in [0.1, 0.15) is 11.3 Å². The number of Topliss-reactive ketones (excluding diaryl/α,β-unsaturated/α-hetero) is 1. The van der Waals surface area contributed by atoms with Gasteiger partial charge in [-0.15, -0.1) is 0 Å². The molecule has 31 heavy (non-hydrogen) atoms. The summed E-state index contributed by atoms with van der Waals surface area (Å²) in [4.78, 5) is 50.5. The lowest BCUT2D eigenvalue weighted by Crippen LogP contribution is -2.54. The molecule has 160 valence electrons. The van der Waals surface area contributed by atoms with Gasteiger partial charge in [0.15, 0.2) is 0 Å². The lowest BCUT2D eigenvalue weighted by molar-refractivity contribution is -0.158. The number of aliphatic hydroxyl groups is 2. The van der Waals surface area contributed by atoms with Crippen molar-refractivity contribution in [2.24, 2.45) is 0 Å². The number of nitrogens with zero attached hydrogens (tertiary/aromatic N) is 1. The number of methoxy groups -OCH3 is 1. The Morgan fingerprint density at radius 1 is 1.00 bits per heavy atom. The maximum absolute atomic E-state index is 12.8. The second-order valence-electron chi connectivity index (χ2n) is 6.49. The van der Waals surface area contributed by atoms with Crippen LogP contribution in [0.3, 0.4) is 0 Å². The maximum atomic E-state index is 12.8. The third-order valence-corrected chi connectivity index (χ3v) is 4.69. The van der Waals surface area contributed by atoms with E-state index in [0.29, 0.717) is 4.90 Å². The summed E-state index contributed by atoms with van der Waals surface area (Å²) >= 11 is 0. The second kappa shape index (κ2) is 8.41. The van der Waals surface area contributed by atoms with Crippen molar-refractivity contribution in [2.75, 3.05) is 18.6 Å². The molecule has 3 rings (SSSR count). The Bertz CT molecular complexity index is 1070. The highest BCUT2D eigenvalue weighted by molar-refractivity contribution is 6.54. The molecule has 2 aromatic carbocycles. The van der Waals surface area contributed by atoms with Crippen LogP contribution >= 0.6 is 0 Å². The zero-order valence-electron chi connectivity index (χ0n) is 16.7. The Morgan fingerprint density at radius 3 is 2.16 bits per heavy atom. The summed E-state index contributed by atoms with van der Waals surface area (Å²) < 4.78 is 9.53. The van der Waals surface area contributed by atoms with Crippen LogP contribution in [0.15, 0.2) is 60.2 Å². The Labute approximate surface area is 177 Å². The lowest BCUT2D eigenvalue weighted by atomic mass is 9.97. The maximum Gasteiger partial charge on any atom is 0.365 e. The van der Waals surface area contributed by atoms with Gasteiger partial charge in [-0.2, -0.15) is 0 Å². The van der Waals surface area contributed by atoms with Crippen molar-refractivity contribution in [3.63, 3.8) is 0 Å². The van der Waals surface area contributed by atoms with Crippen molar-refractivity contribution in [3.8, 4) is 0 Å². The fourth-order valence-corrected chi connectivity index (χ4v) is 3.24. The molecule has 1 fully saturated rings. The van der Waals surface area contributed by atoms with E-state index in [1.165, 1.54) is 36.4 Å². The number of ketones is 1. The fraction of sp³-hybridized carbons (Fsp3) is 0.182. The number of aliphatic hydroxyl groups excluding tert-OH is 1. The normalized spacial score (nSPS) is 19.9. The summed E-state index contributed by atoms with van der Waals surface area (Å²) in [6, 6.07) is 12.8. The van der Waals surface area contributed by atoms with Gasteiger partial charge in [-0.1, -0.05) is 30.3 Å². The van der Waals surface area contributed by atoms with Gasteiger partial charge in [0.05, 0.1) is 19.3 Å². The van der Waals surface area contributed by atoms with Crippen LogP contribution in [-0.2, 0) is 23.9 Å². The molecule has 1 amide bonds. The number of amides is 1. The summed E-state index contributed by atoms with van der Waals surface area (Å²) in [6.07, 6.45) is 0. The first-order chi connectivity index (χ1) is 14.8. The number of benzene rings is 2. The Kier molecular flexibility index (Phi) is 5.89. The first-order valence-electron chi connectivity index (χ1n) is 9.23. The summed E-state index contributed by atoms with van der Waals surface area (Å²) in [5.41, 5.74) is -3.55. The number of carbonyl (C=O) groups excluding carboxylic acids is 4. The molecular formula is C22H19NO8. The van der Waals surface area contributed by atoms with Crippen molar-refractivity contribution in [3.05, 3.63) is 71.3 Å². The Hall–Kier alpha value is -3.98. The van der Waals surface area contributed by atoms with Crippen LogP contribution in [0.4, 0.5) is 5.69 Å². The van der Waals surface area contributed by atoms with Gasteiger partial charge in [0, 0.05) is 11.3 Å². The number of anilines is 1. The highest BCUT2D eigenvalue weighted by Gasteiger charge is 2.62. The minimum atomic E-state index is -2.92. The number of rotatable bonds is 5. The van der Waals surface area contributed by atoms with E-state index in [2.05, 4.69) is 4.74 Å². The highest BCUT2D eigenvalue weighted by Crippen LogP contribution is 2.39. The van der Waals surface area contributed by atoms with Crippen molar-refractivity contribution in [1.82, 2.24) is 0 Å². The fourth-order valence-electron chi connectivity index (χ4n) is 3.24. The SMILES string of the molecule is CCOC(=O)c1ccc(N2C(=O)C(=O)/C(=C(\O)c3ccccc3)C2(O)C(=O)OC)cc1. The zero-order chi connectivity index (χ0) is 22.8. The molecule has 1 aliphatic heterocycles. The number of hydrogen-bond acceptors (Lipinski definition) is 8. The first kappa shape index (κ1) is 21.7. The van der Waals surface area contributed by atoms with Gasteiger partial charge in [-0.25, -0.2) is 9.59 Å². The van der Waals surface area contributed by atoms with E-state index in [-0.39, 0.29) is 23.4 Å². The summed E-state index contributed by atoms with van der Waals surface area (Å²) in [6.45, 7) is 1.80. The van der Waals surface area contributed by atoms with E-state index in [0.717, 1.165) is 7.11 Å². The monoisotopic (exact) mass is 425 g/mol. The van der Waals surface area contributed by atoms with Crippen LogP contribution in [0.1, 0.15) is 22.8 Å². The lowest BCUT2D eigenvalue weighted by Gasteiger charge is -2.30. The Morgan fingerprint density at radius 2 is 1.61 bits per heavy atom. The molecule has 1 saturated heterocycles. The molecule has 1 unspecified atom stereocenters. The molecule has 0 aliphatic carbocycles. The van der Waals surface area contributed by atoms with Gasteiger partial charge >= 0.3 is 17.8 Å². The third-order valence-electron chi connectivity index (χ3n) is 4.69. The van der Waals surface area contributed by atoms with Crippen molar-refractivity contribution in [2.45, 2.75) is 12.6 Å².